The average Bonchev–Trinajstić information content (AvgIpc) is 2.89. The Morgan fingerprint density at radius 1 is 0.833 bits per heavy atom. The minimum Gasteiger partial charge on any atom is -0.481 e. The van der Waals surface area contributed by atoms with Gasteiger partial charge in [-0.25, -0.2) is 4.79 Å². The molecule has 246 valence electrons. The summed E-state index contributed by atoms with van der Waals surface area (Å²) in [5.74, 6) is -3.96. The molecule has 0 aromatic heterocycles. The second-order valence-electron chi connectivity index (χ2n) is 11.8. The molecule has 1 aliphatic rings. The fraction of sp³-hybridized carbons (Fsp3) is 0.871. The van der Waals surface area contributed by atoms with E-state index in [4.69, 9.17) is 25.2 Å². The molecule has 0 saturated carbocycles. The van der Waals surface area contributed by atoms with E-state index in [-0.39, 0.29) is 12.1 Å². The number of nitrogens with one attached hydrogen (secondary N) is 1. The molecule has 0 bridgehead atoms. The molecule has 5 N–H and O–H groups in total. The quantitative estimate of drug-likeness (QED) is 0.0997. The van der Waals surface area contributed by atoms with E-state index in [1.54, 1.807) is 0 Å². The third-order valence-corrected chi connectivity index (χ3v) is 7.30. The third kappa shape index (κ3) is 21.5. The lowest BCUT2D eigenvalue weighted by Crippen LogP contribution is -2.55. The van der Waals surface area contributed by atoms with Gasteiger partial charge in [-0.15, -0.1) is 0 Å². The van der Waals surface area contributed by atoms with E-state index < -0.39 is 36.4 Å². The van der Waals surface area contributed by atoms with Crippen LogP contribution in [0, 0.1) is 5.92 Å². The zero-order valence-corrected chi connectivity index (χ0v) is 26.3. The highest BCUT2D eigenvalue weighted by Gasteiger charge is 2.40. The number of carboxylic acid groups (broad SMARTS) is 3. The summed E-state index contributed by atoms with van der Waals surface area (Å²) in [6, 6.07) is 0. The number of rotatable bonds is 23. The van der Waals surface area contributed by atoms with Gasteiger partial charge >= 0.3 is 17.9 Å². The number of ether oxygens (including phenoxy) is 1. The molecule has 1 fully saturated rings. The van der Waals surface area contributed by atoms with Crippen LogP contribution in [0.4, 0.5) is 0 Å². The Morgan fingerprint density at radius 3 is 1.74 bits per heavy atom. The fourth-order valence-corrected chi connectivity index (χ4v) is 4.90. The van der Waals surface area contributed by atoms with Crippen LogP contribution in [0.15, 0.2) is 0 Å². The number of carboxylic acids is 3. The van der Waals surface area contributed by atoms with Crippen LogP contribution in [-0.4, -0.2) is 87.2 Å². The second-order valence-corrected chi connectivity index (χ2v) is 11.8. The Kier molecular flexibility index (Phi) is 22.9. The molecule has 1 rings (SSSR count). The van der Waals surface area contributed by atoms with Crippen molar-refractivity contribution in [3.05, 3.63) is 0 Å². The van der Waals surface area contributed by atoms with Gasteiger partial charge in [-0.2, -0.15) is 0 Å². The van der Waals surface area contributed by atoms with Crippen LogP contribution in [0.5, 0.6) is 0 Å². The van der Waals surface area contributed by atoms with Crippen LogP contribution in [0.1, 0.15) is 130 Å². The summed E-state index contributed by atoms with van der Waals surface area (Å²) in [6.07, 6.45) is 17.0. The van der Waals surface area contributed by atoms with E-state index in [0.717, 1.165) is 38.5 Å². The molecule has 11 heteroatoms. The molecule has 1 saturated heterocycles. The lowest BCUT2D eigenvalue weighted by atomic mass is 9.96. The van der Waals surface area contributed by atoms with Crippen molar-refractivity contribution < 1.29 is 44.3 Å². The normalized spacial score (nSPS) is 15.6. The number of nitrogens with zero attached hydrogens (tertiary/aromatic N) is 1. The van der Waals surface area contributed by atoms with Crippen molar-refractivity contribution in [1.29, 1.82) is 0 Å². The summed E-state index contributed by atoms with van der Waals surface area (Å²) in [6.45, 7) is 10.2. The molecule has 0 aliphatic carbocycles. The molecule has 1 aliphatic heterocycles. The zero-order chi connectivity index (χ0) is 31.8. The molecule has 0 spiro atoms. The van der Waals surface area contributed by atoms with E-state index in [9.17, 15) is 19.2 Å². The first kappa shape index (κ1) is 39.8. The molecule has 11 nitrogen and oxygen atoms in total. The van der Waals surface area contributed by atoms with Crippen LogP contribution >= 0.6 is 0 Å². The van der Waals surface area contributed by atoms with Gasteiger partial charge in [0, 0.05) is 13.0 Å². The van der Waals surface area contributed by atoms with Gasteiger partial charge in [0.15, 0.2) is 5.60 Å². The Balaban J connectivity index is 0.00000108. The molecule has 1 atom stereocenters. The van der Waals surface area contributed by atoms with Crippen molar-refractivity contribution >= 4 is 23.8 Å². The lowest BCUT2D eigenvalue weighted by molar-refractivity contribution is -0.170. The van der Waals surface area contributed by atoms with E-state index in [0.29, 0.717) is 13.0 Å². The minimum absolute atomic E-state index is 0.0754. The molecule has 1 amide bonds. The summed E-state index contributed by atoms with van der Waals surface area (Å²) < 4.78 is 5.53. The van der Waals surface area contributed by atoms with Crippen molar-refractivity contribution in [2.45, 2.75) is 142 Å². The second kappa shape index (κ2) is 24.2. The molecule has 1 unspecified atom stereocenters. The number of carbonyl (C=O) groups is 4. The molecule has 42 heavy (non-hydrogen) atoms. The highest BCUT2D eigenvalue weighted by molar-refractivity contribution is 5.88. The van der Waals surface area contributed by atoms with Crippen molar-refractivity contribution in [2.75, 3.05) is 26.3 Å². The number of hydrogen-bond acceptors (Lipinski definition) is 7. The molecule has 0 radical (unpaired) electrons. The van der Waals surface area contributed by atoms with Gasteiger partial charge in [0.05, 0.1) is 26.1 Å². The maximum Gasteiger partial charge on any atom is 0.336 e. The maximum atomic E-state index is 12.2. The zero-order valence-electron chi connectivity index (χ0n) is 26.3. The standard InChI is InChI=1S/C25H50N2O2.C6H8O7/c1-4-19-27-20-21-29-22-24(27)26-25(28)18-16-14-12-10-8-6-5-7-9-11-13-15-17-23(2)3;7-3(8)1-6(13,5(11)12)2-4(9)10/h23-24H,4-22H2,1-3H3,(H,26,28);13H,1-2H2,(H,7,8)(H,9,10)(H,11,12). The predicted octanol–water partition coefficient (Wildman–Crippen LogP) is 5.04. The lowest BCUT2D eigenvalue weighted by Gasteiger charge is -2.35. The summed E-state index contributed by atoms with van der Waals surface area (Å²) in [5.41, 5.74) is -2.74. The number of aliphatic carboxylic acids is 3. The Bertz CT molecular complexity index is 743. The average molecular weight is 603 g/mol. The van der Waals surface area contributed by atoms with Gasteiger partial charge in [0.1, 0.15) is 6.17 Å². The van der Waals surface area contributed by atoms with Crippen molar-refractivity contribution in [3.63, 3.8) is 0 Å². The first-order valence-electron chi connectivity index (χ1n) is 15.9. The van der Waals surface area contributed by atoms with Crippen LogP contribution in [0.25, 0.3) is 0 Å². The number of aliphatic hydroxyl groups is 1. The highest BCUT2D eigenvalue weighted by atomic mass is 16.5. The Labute approximate surface area is 252 Å². The first-order valence-corrected chi connectivity index (χ1v) is 15.9. The highest BCUT2D eigenvalue weighted by Crippen LogP contribution is 2.16. The minimum atomic E-state index is -2.74. The fourth-order valence-electron chi connectivity index (χ4n) is 4.90. The van der Waals surface area contributed by atoms with Crippen LogP contribution in [0.2, 0.25) is 0 Å². The van der Waals surface area contributed by atoms with Gasteiger partial charge in [-0.3, -0.25) is 19.3 Å². The van der Waals surface area contributed by atoms with Gasteiger partial charge in [-0.05, 0) is 25.3 Å². The third-order valence-electron chi connectivity index (χ3n) is 7.30. The summed E-state index contributed by atoms with van der Waals surface area (Å²) in [7, 11) is 0. The number of morpholine rings is 1. The summed E-state index contributed by atoms with van der Waals surface area (Å²) in [4.78, 5) is 45.0. The first-order chi connectivity index (χ1) is 19.9. The number of unbranched alkanes of at least 4 members (excludes halogenated alkanes) is 11. The van der Waals surface area contributed by atoms with E-state index >= 15 is 0 Å². The topological polar surface area (TPSA) is 174 Å². The maximum absolute atomic E-state index is 12.2. The predicted molar refractivity (Wildman–Crippen MR) is 161 cm³/mol. The molecular weight excluding hydrogens is 544 g/mol. The van der Waals surface area contributed by atoms with Crippen LogP contribution in [0.3, 0.4) is 0 Å². The SMILES string of the molecule is CCCN1CCOCC1NC(=O)CCCCCCCCCCCCCCC(C)C.O=C(O)CC(O)(CC(=O)O)C(=O)O. The van der Waals surface area contributed by atoms with Gasteiger partial charge < -0.3 is 30.5 Å². The molecule has 0 aromatic carbocycles. The van der Waals surface area contributed by atoms with E-state index in [2.05, 4.69) is 31.0 Å². The molecular formula is C31H58N2O9. The van der Waals surface area contributed by atoms with E-state index in [1.165, 1.54) is 77.0 Å². The number of amides is 1. The Hall–Kier alpha value is -2.24. The number of carbonyl (C=O) groups excluding carboxylic acids is 1. The largest absolute Gasteiger partial charge is 0.481 e. The summed E-state index contributed by atoms with van der Waals surface area (Å²) in [5, 5.41) is 37.0. The summed E-state index contributed by atoms with van der Waals surface area (Å²) >= 11 is 0. The van der Waals surface area contributed by atoms with Crippen molar-refractivity contribution in [1.82, 2.24) is 10.2 Å². The smallest absolute Gasteiger partial charge is 0.336 e. The Morgan fingerprint density at radius 2 is 1.31 bits per heavy atom. The van der Waals surface area contributed by atoms with Gasteiger partial charge in [-0.1, -0.05) is 97.8 Å². The van der Waals surface area contributed by atoms with Crippen molar-refractivity contribution in [3.8, 4) is 0 Å². The monoisotopic (exact) mass is 602 g/mol. The molecule has 0 aromatic rings. The van der Waals surface area contributed by atoms with Crippen molar-refractivity contribution in [2.24, 2.45) is 5.92 Å². The number of hydrogen-bond donors (Lipinski definition) is 5. The van der Waals surface area contributed by atoms with Gasteiger partial charge in [0.25, 0.3) is 0 Å². The molecule has 1 heterocycles. The van der Waals surface area contributed by atoms with E-state index in [1.807, 2.05) is 0 Å². The van der Waals surface area contributed by atoms with Crippen LogP contribution in [-0.2, 0) is 23.9 Å². The van der Waals surface area contributed by atoms with Crippen LogP contribution < -0.4 is 5.32 Å². The van der Waals surface area contributed by atoms with Gasteiger partial charge in [0.2, 0.25) is 5.91 Å².